The molecule has 0 atom stereocenters. The number of hydrogen-bond donors (Lipinski definition) is 1. The van der Waals surface area contributed by atoms with Gasteiger partial charge in [0.1, 0.15) is 6.07 Å². The maximum atomic E-state index is 12.5. The number of nitrogens with zero attached hydrogens (tertiary/aromatic N) is 3. The molecule has 32 heavy (non-hydrogen) atoms. The number of piperidine rings is 1. The molecule has 2 aromatic carbocycles. The molecule has 1 aromatic heterocycles. The van der Waals surface area contributed by atoms with Crippen LogP contribution in [-0.4, -0.2) is 42.1 Å². The molecule has 1 aliphatic heterocycles. The van der Waals surface area contributed by atoms with E-state index in [1.165, 1.54) is 0 Å². The van der Waals surface area contributed by atoms with E-state index in [-0.39, 0.29) is 11.3 Å². The van der Waals surface area contributed by atoms with Gasteiger partial charge in [-0.3, -0.25) is 4.98 Å². The van der Waals surface area contributed by atoms with Gasteiger partial charge in [0.05, 0.1) is 15.8 Å². The Hall–Kier alpha value is -2.66. The molecule has 2 aliphatic rings. The number of fused-ring (bicyclic) bond motifs is 1. The minimum atomic E-state index is -3.11. The second-order valence-corrected chi connectivity index (χ2v) is 11.1. The van der Waals surface area contributed by atoms with E-state index in [9.17, 15) is 13.7 Å². The average Bonchev–Trinajstić information content (AvgIpc) is 3.66. The lowest BCUT2D eigenvalue weighted by Gasteiger charge is -2.32. The van der Waals surface area contributed by atoms with Gasteiger partial charge in [-0.05, 0) is 72.5 Å². The third-order valence-corrected chi connectivity index (χ3v) is 9.02. The highest BCUT2D eigenvalue weighted by Gasteiger charge is 2.41. The van der Waals surface area contributed by atoms with E-state index in [0.717, 1.165) is 53.3 Å². The molecule has 2 fully saturated rings. The molecule has 3 aromatic rings. The van der Waals surface area contributed by atoms with Gasteiger partial charge in [-0.15, -0.1) is 0 Å². The fraction of sp³-hybridized carbons (Fsp3) is 0.333. The van der Waals surface area contributed by atoms with Crippen LogP contribution >= 0.6 is 11.6 Å². The van der Waals surface area contributed by atoms with Crippen LogP contribution in [0.4, 0.5) is 5.69 Å². The van der Waals surface area contributed by atoms with E-state index < -0.39 is 10.0 Å². The van der Waals surface area contributed by atoms with Crippen LogP contribution in [0.1, 0.15) is 31.2 Å². The summed E-state index contributed by atoms with van der Waals surface area (Å²) in [4.78, 5) is 4.29. The largest absolute Gasteiger partial charge is 0.382 e. The SMILES string of the molecule is N#Cc1cc(-c2cc(NC3CCN(S(=O)(=O)C4CC4)CC3)c3cnccc3c2)ccc1Cl. The van der Waals surface area contributed by atoms with Gasteiger partial charge in [0.2, 0.25) is 10.0 Å². The minimum absolute atomic E-state index is 0.156. The van der Waals surface area contributed by atoms with Gasteiger partial charge in [0.25, 0.3) is 0 Å². The number of halogens is 1. The highest BCUT2D eigenvalue weighted by Crippen LogP contribution is 2.35. The van der Waals surface area contributed by atoms with Crippen molar-refractivity contribution in [1.29, 1.82) is 5.26 Å². The number of anilines is 1. The van der Waals surface area contributed by atoms with Gasteiger partial charge >= 0.3 is 0 Å². The van der Waals surface area contributed by atoms with Crippen LogP contribution in [0, 0.1) is 11.3 Å². The quantitative estimate of drug-likeness (QED) is 0.583. The molecule has 0 radical (unpaired) electrons. The molecule has 0 bridgehead atoms. The van der Waals surface area contributed by atoms with Crippen molar-refractivity contribution in [2.24, 2.45) is 0 Å². The zero-order chi connectivity index (χ0) is 22.3. The van der Waals surface area contributed by atoms with Gasteiger partial charge in [-0.1, -0.05) is 17.7 Å². The Balaban J connectivity index is 1.42. The lowest BCUT2D eigenvalue weighted by atomic mass is 9.98. The van der Waals surface area contributed by atoms with Crippen LogP contribution in [0.15, 0.2) is 48.8 Å². The fourth-order valence-electron chi connectivity index (χ4n) is 4.33. The van der Waals surface area contributed by atoms with Crippen molar-refractivity contribution >= 4 is 38.1 Å². The van der Waals surface area contributed by atoms with Crippen LogP contribution in [0.5, 0.6) is 0 Å². The van der Waals surface area contributed by atoms with E-state index in [2.05, 4.69) is 28.5 Å². The van der Waals surface area contributed by atoms with Crippen LogP contribution in [0.25, 0.3) is 21.9 Å². The number of benzene rings is 2. The number of nitrogens with one attached hydrogen (secondary N) is 1. The Bertz CT molecular complexity index is 1320. The number of sulfonamides is 1. The molecule has 6 nitrogen and oxygen atoms in total. The second kappa shape index (κ2) is 8.36. The third-order valence-electron chi connectivity index (χ3n) is 6.30. The normalized spacial score (nSPS) is 17.9. The van der Waals surface area contributed by atoms with Crippen molar-refractivity contribution in [3.05, 3.63) is 59.4 Å². The maximum Gasteiger partial charge on any atom is 0.216 e. The van der Waals surface area contributed by atoms with Crippen LogP contribution in [0.3, 0.4) is 0 Å². The zero-order valence-corrected chi connectivity index (χ0v) is 19.0. The summed E-state index contributed by atoms with van der Waals surface area (Å²) < 4.78 is 26.7. The van der Waals surface area contributed by atoms with E-state index in [1.807, 2.05) is 18.3 Å². The first kappa shape index (κ1) is 21.2. The zero-order valence-electron chi connectivity index (χ0n) is 17.5. The van der Waals surface area contributed by atoms with Gasteiger partial charge in [0.15, 0.2) is 0 Å². The first-order valence-corrected chi connectivity index (χ1v) is 12.7. The molecule has 1 saturated heterocycles. The van der Waals surface area contributed by atoms with Crippen molar-refractivity contribution in [3.63, 3.8) is 0 Å². The van der Waals surface area contributed by atoms with Crippen LogP contribution in [0.2, 0.25) is 5.02 Å². The lowest BCUT2D eigenvalue weighted by molar-refractivity contribution is 0.329. The summed E-state index contributed by atoms with van der Waals surface area (Å²) in [6, 6.07) is 13.9. The van der Waals surface area contributed by atoms with Crippen molar-refractivity contribution in [2.45, 2.75) is 37.0 Å². The summed E-state index contributed by atoms with van der Waals surface area (Å²) in [7, 11) is -3.11. The second-order valence-electron chi connectivity index (χ2n) is 8.49. The first-order valence-electron chi connectivity index (χ1n) is 10.8. The molecule has 0 amide bonds. The van der Waals surface area contributed by atoms with E-state index in [0.29, 0.717) is 23.7 Å². The Labute approximate surface area is 192 Å². The molecular formula is C24H23ClN4O2S. The molecule has 1 aliphatic carbocycles. The average molecular weight is 467 g/mol. The summed E-state index contributed by atoms with van der Waals surface area (Å²) in [6.45, 7) is 1.10. The smallest absolute Gasteiger partial charge is 0.216 e. The summed E-state index contributed by atoms with van der Waals surface area (Å²) >= 11 is 6.12. The van der Waals surface area contributed by atoms with Gasteiger partial charge in [-0.25, -0.2) is 12.7 Å². The Morgan fingerprint density at radius 3 is 2.56 bits per heavy atom. The summed E-state index contributed by atoms with van der Waals surface area (Å²) in [5.74, 6) is 0. The van der Waals surface area contributed by atoms with Crippen molar-refractivity contribution in [3.8, 4) is 17.2 Å². The number of rotatable bonds is 5. The fourth-order valence-corrected chi connectivity index (χ4v) is 6.36. The first-order chi connectivity index (χ1) is 15.5. The van der Waals surface area contributed by atoms with Gasteiger partial charge < -0.3 is 5.32 Å². The molecule has 8 heteroatoms. The number of nitriles is 1. The molecule has 1 N–H and O–H groups in total. The van der Waals surface area contributed by atoms with Crippen LogP contribution < -0.4 is 5.32 Å². The van der Waals surface area contributed by atoms with Crippen molar-refractivity contribution < 1.29 is 8.42 Å². The molecule has 5 rings (SSSR count). The number of hydrogen-bond acceptors (Lipinski definition) is 5. The third kappa shape index (κ3) is 4.06. The Morgan fingerprint density at radius 2 is 1.84 bits per heavy atom. The predicted octanol–water partition coefficient (Wildman–Crippen LogP) is 4.80. The van der Waals surface area contributed by atoms with E-state index in [1.54, 1.807) is 22.6 Å². The minimum Gasteiger partial charge on any atom is -0.382 e. The highest BCUT2D eigenvalue weighted by atomic mass is 35.5. The monoisotopic (exact) mass is 466 g/mol. The number of pyridine rings is 1. The Morgan fingerprint density at radius 1 is 1.06 bits per heavy atom. The standard InChI is InChI=1S/C24H23ClN4O2S/c25-23-4-1-16(11-19(23)14-26)18-12-17-5-8-27-15-22(17)24(13-18)28-20-6-9-29(10-7-20)32(30,31)21-2-3-21/h1,4-5,8,11-13,15,20-21,28H,2-3,6-7,9-10H2. The van der Waals surface area contributed by atoms with Crippen molar-refractivity contribution in [1.82, 2.24) is 9.29 Å². The number of aromatic nitrogens is 1. The van der Waals surface area contributed by atoms with E-state index in [4.69, 9.17) is 11.6 Å². The molecular weight excluding hydrogens is 444 g/mol. The topological polar surface area (TPSA) is 86.1 Å². The lowest BCUT2D eigenvalue weighted by Crippen LogP contribution is -2.43. The predicted molar refractivity (Wildman–Crippen MR) is 127 cm³/mol. The maximum absolute atomic E-state index is 12.5. The highest BCUT2D eigenvalue weighted by molar-refractivity contribution is 7.90. The van der Waals surface area contributed by atoms with Crippen LogP contribution in [-0.2, 0) is 10.0 Å². The van der Waals surface area contributed by atoms with Gasteiger partial charge in [0, 0.05) is 42.6 Å². The van der Waals surface area contributed by atoms with E-state index >= 15 is 0 Å². The molecule has 1 saturated carbocycles. The summed E-state index contributed by atoms with van der Waals surface area (Å²) in [5, 5.41) is 15.3. The van der Waals surface area contributed by atoms with Gasteiger partial charge in [-0.2, -0.15) is 5.26 Å². The molecule has 0 unspecified atom stereocenters. The molecule has 2 heterocycles. The molecule has 164 valence electrons. The Kier molecular flexibility index (Phi) is 5.54. The molecule has 0 spiro atoms. The summed E-state index contributed by atoms with van der Waals surface area (Å²) in [6.07, 6.45) is 6.72. The summed E-state index contributed by atoms with van der Waals surface area (Å²) in [5.41, 5.74) is 3.30. The van der Waals surface area contributed by atoms with Crippen molar-refractivity contribution in [2.75, 3.05) is 18.4 Å².